The predicted molar refractivity (Wildman–Crippen MR) is 68.4 cm³/mol. The molecule has 2 aromatic rings. The Hall–Kier alpha value is -2.12. The van der Waals surface area contributed by atoms with Crippen LogP contribution < -0.4 is 0 Å². The quantitative estimate of drug-likeness (QED) is 0.824. The van der Waals surface area contributed by atoms with E-state index in [0.29, 0.717) is 0 Å². The molecule has 1 aromatic carbocycles. The molecule has 4 nitrogen and oxygen atoms in total. The van der Waals surface area contributed by atoms with E-state index in [0.717, 1.165) is 5.56 Å². The van der Waals surface area contributed by atoms with E-state index in [-0.39, 0.29) is 12.5 Å². The van der Waals surface area contributed by atoms with Crippen LogP contribution in [0.5, 0.6) is 0 Å². The summed E-state index contributed by atoms with van der Waals surface area (Å²) >= 11 is 0. The van der Waals surface area contributed by atoms with Gasteiger partial charge in [-0.05, 0) is 12.5 Å². The third-order valence-electron chi connectivity index (χ3n) is 3.11. The van der Waals surface area contributed by atoms with Crippen molar-refractivity contribution in [2.24, 2.45) is 5.92 Å². The largest absolute Gasteiger partial charge is 0.382 e. The number of hydrogen-bond acceptors (Lipinski definition) is 3. The molecular weight excluding hydrogens is 226 g/mol. The number of terminal acetylenes is 1. The van der Waals surface area contributed by atoms with E-state index in [2.05, 4.69) is 16.0 Å². The van der Waals surface area contributed by atoms with E-state index in [9.17, 15) is 5.11 Å². The molecule has 1 aromatic heterocycles. The van der Waals surface area contributed by atoms with Gasteiger partial charge in [0.15, 0.2) is 0 Å². The molecular formula is C14H15N3O. The van der Waals surface area contributed by atoms with Gasteiger partial charge < -0.3 is 5.11 Å². The molecule has 1 N–H and O–H groups in total. The minimum atomic E-state index is -1.15. The lowest BCUT2D eigenvalue weighted by Crippen LogP contribution is -2.37. The van der Waals surface area contributed by atoms with Crippen molar-refractivity contribution in [2.75, 3.05) is 0 Å². The van der Waals surface area contributed by atoms with Crippen LogP contribution in [0, 0.1) is 18.3 Å². The number of hydrogen-bond donors (Lipinski definition) is 1. The molecule has 2 unspecified atom stereocenters. The molecule has 2 rings (SSSR count). The first-order valence-electron chi connectivity index (χ1n) is 5.73. The summed E-state index contributed by atoms with van der Waals surface area (Å²) in [5.74, 6) is 2.28. The van der Waals surface area contributed by atoms with Crippen molar-refractivity contribution in [1.82, 2.24) is 14.8 Å². The summed E-state index contributed by atoms with van der Waals surface area (Å²) in [7, 11) is 0. The summed E-state index contributed by atoms with van der Waals surface area (Å²) in [6.45, 7) is 2.10. The molecule has 0 radical (unpaired) electrons. The number of aliphatic hydroxyl groups is 1. The second-order valence-electron chi connectivity index (χ2n) is 4.27. The molecule has 0 aliphatic heterocycles. The number of aromatic nitrogens is 3. The summed E-state index contributed by atoms with van der Waals surface area (Å²) in [5, 5.41) is 14.9. The highest BCUT2D eigenvalue weighted by molar-refractivity contribution is 5.25. The highest BCUT2D eigenvalue weighted by atomic mass is 16.3. The van der Waals surface area contributed by atoms with Gasteiger partial charge in [-0.1, -0.05) is 30.3 Å². The molecule has 92 valence electrons. The van der Waals surface area contributed by atoms with Crippen LogP contribution in [0.25, 0.3) is 0 Å². The molecule has 0 saturated carbocycles. The monoisotopic (exact) mass is 241 g/mol. The van der Waals surface area contributed by atoms with Crippen molar-refractivity contribution >= 4 is 0 Å². The van der Waals surface area contributed by atoms with Crippen molar-refractivity contribution in [3.05, 3.63) is 48.5 Å². The minimum Gasteiger partial charge on any atom is -0.382 e. The lowest BCUT2D eigenvalue weighted by atomic mass is 9.82. The zero-order valence-electron chi connectivity index (χ0n) is 10.2. The van der Waals surface area contributed by atoms with Gasteiger partial charge >= 0.3 is 0 Å². The van der Waals surface area contributed by atoms with Crippen LogP contribution >= 0.6 is 0 Å². The fourth-order valence-corrected chi connectivity index (χ4v) is 1.90. The number of nitrogens with zero attached hydrogens (tertiary/aromatic N) is 3. The third kappa shape index (κ3) is 2.27. The van der Waals surface area contributed by atoms with E-state index in [1.54, 1.807) is 11.0 Å². The lowest BCUT2D eigenvalue weighted by molar-refractivity contribution is -0.0159. The Labute approximate surface area is 106 Å². The number of rotatable bonds is 4. The summed E-state index contributed by atoms with van der Waals surface area (Å²) in [6.07, 6.45) is 8.47. The first-order chi connectivity index (χ1) is 8.66. The van der Waals surface area contributed by atoms with Gasteiger partial charge in [-0.2, -0.15) is 5.10 Å². The standard InChI is InChI=1S/C14H15N3O/c1-3-12(2)14(18,9-17-11-15-10-16-17)13-7-5-4-6-8-13/h1,4-8,10-12,18H,9H2,2H3. The number of benzene rings is 1. The fourth-order valence-electron chi connectivity index (χ4n) is 1.90. The van der Waals surface area contributed by atoms with E-state index in [1.807, 2.05) is 37.3 Å². The maximum Gasteiger partial charge on any atom is 0.137 e. The highest BCUT2D eigenvalue weighted by Crippen LogP contribution is 2.30. The maximum absolute atomic E-state index is 10.9. The summed E-state index contributed by atoms with van der Waals surface area (Å²) in [4.78, 5) is 3.87. The molecule has 18 heavy (non-hydrogen) atoms. The summed E-state index contributed by atoms with van der Waals surface area (Å²) < 4.78 is 1.58. The Kier molecular flexibility index (Phi) is 3.45. The normalized spacial score (nSPS) is 15.6. The molecule has 0 fully saturated rings. The van der Waals surface area contributed by atoms with Crippen LogP contribution in [0.3, 0.4) is 0 Å². The van der Waals surface area contributed by atoms with Gasteiger partial charge in [0.1, 0.15) is 18.3 Å². The van der Waals surface area contributed by atoms with Gasteiger partial charge in [-0.3, -0.25) is 0 Å². The Bertz CT molecular complexity index is 530. The Morgan fingerprint density at radius 2 is 2.17 bits per heavy atom. The first-order valence-corrected chi connectivity index (χ1v) is 5.73. The second-order valence-corrected chi connectivity index (χ2v) is 4.27. The maximum atomic E-state index is 10.9. The molecule has 4 heteroatoms. The lowest BCUT2D eigenvalue weighted by Gasteiger charge is -2.31. The highest BCUT2D eigenvalue weighted by Gasteiger charge is 2.35. The second kappa shape index (κ2) is 5.03. The molecule has 0 saturated heterocycles. The average Bonchev–Trinajstić information content (AvgIpc) is 2.91. The summed E-state index contributed by atoms with van der Waals surface area (Å²) in [6, 6.07) is 9.39. The van der Waals surface area contributed by atoms with Crippen LogP contribution in [0.1, 0.15) is 12.5 Å². The van der Waals surface area contributed by atoms with Crippen molar-refractivity contribution in [2.45, 2.75) is 19.1 Å². The Balaban J connectivity index is 2.38. The van der Waals surface area contributed by atoms with E-state index in [4.69, 9.17) is 6.42 Å². The third-order valence-corrected chi connectivity index (χ3v) is 3.11. The van der Waals surface area contributed by atoms with Gasteiger partial charge in [-0.15, -0.1) is 12.3 Å². The molecule has 0 aliphatic carbocycles. The smallest absolute Gasteiger partial charge is 0.137 e. The fraction of sp³-hybridized carbons (Fsp3) is 0.286. The Morgan fingerprint density at radius 3 is 2.72 bits per heavy atom. The molecule has 1 heterocycles. The van der Waals surface area contributed by atoms with E-state index in [1.165, 1.54) is 6.33 Å². The van der Waals surface area contributed by atoms with Crippen LogP contribution in [-0.4, -0.2) is 19.9 Å². The molecule has 2 atom stereocenters. The van der Waals surface area contributed by atoms with Crippen molar-refractivity contribution in [3.8, 4) is 12.3 Å². The van der Waals surface area contributed by atoms with E-state index < -0.39 is 5.60 Å². The molecule has 0 spiro atoms. The van der Waals surface area contributed by atoms with Gasteiger partial charge in [-0.25, -0.2) is 9.67 Å². The zero-order chi connectivity index (χ0) is 13.0. The predicted octanol–water partition coefficient (Wildman–Crippen LogP) is 1.44. The van der Waals surface area contributed by atoms with Gasteiger partial charge in [0.25, 0.3) is 0 Å². The van der Waals surface area contributed by atoms with Crippen LogP contribution in [0.4, 0.5) is 0 Å². The van der Waals surface area contributed by atoms with Gasteiger partial charge in [0.2, 0.25) is 0 Å². The van der Waals surface area contributed by atoms with Gasteiger partial charge in [0, 0.05) is 0 Å². The van der Waals surface area contributed by atoms with E-state index >= 15 is 0 Å². The van der Waals surface area contributed by atoms with Crippen molar-refractivity contribution in [1.29, 1.82) is 0 Å². The zero-order valence-corrected chi connectivity index (χ0v) is 10.2. The topological polar surface area (TPSA) is 50.9 Å². The van der Waals surface area contributed by atoms with Crippen LogP contribution in [-0.2, 0) is 12.1 Å². The average molecular weight is 241 g/mol. The molecule has 0 bridgehead atoms. The molecule has 0 amide bonds. The van der Waals surface area contributed by atoms with Crippen LogP contribution in [0.15, 0.2) is 43.0 Å². The minimum absolute atomic E-state index is 0.280. The first kappa shape index (κ1) is 12.3. The van der Waals surface area contributed by atoms with Crippen molar-refractivity contribution < 1.29 is 5.11 Å². The van der Waals surface area contributed by atoms with Gasteiger partial charge in [0.05, 0.1) is 12.5 Å². The SMILES string of the molecule is C#CC(C)C(O)(Cn1cncn1)c1ccccc1. The summed E-state index contributed by atoms with van der Waals surface area (Å²) in [5.41, 5.74) is -0.366. The van der Waals surface area contributed by atoms with Crippen LogP contribution in [0.2, 0.25) is 0 Å². The Morgan fingerprint density at radius 1 is 1.44 bits per heavy atom. The molecule has 0 aliphatic rings. The van der Waals surface area contributed by atoms with Crippen molar-refractivity contribution in [3.63, 3.8) is 0 Å².